The SMILES string of the molecule is O=C(CSc1nc2sc3c(c2c(=O)n1-c1ccc(Br)cc1)CCCC3)Nc1cc(C(F)(F)F)cc(C(F)(F)F)c1. The zero-order valence-corrected chi connectivity index (χ0v) is 23.5. The van der Waals surface area contributed by atoms with Crippen LogP contribution in [0.15, 0.2) is 56.9 Å². The number of aromatic nitrogens is 2. The number of thioether (sulfide) groups is 1. The molecule has 14 heteroatoms. The molecular weight excluding hydrogens is 644 g/mol. The highest BCUT2D eigenvalue weighted by Crippen LogP contribution is 2.38. The highest BCUT2D eigenvalue weighted by molar-refractivity contribution is 9.10. The fourth-order valence-corrected chi connectivity index (χ4v) is 6.83. The first-order chi connectivity index (χ1) is 18.8. The maximum Gasteiger partial charge on any atom is 0.416 e. The Hall–Kier alpha value is -2.84. The number of fused-ring (bicyclic) bond motifs is 3. The first-order valence-electron chi connectivity index (χ1n) is 11.9. The van der Waals surface area contributed by atoms with E-state index < -0.39 is 40.8 Å². The second-order valence-corrected chi connectivity index (χ2v) is 12.0. The summed E-state index contributed by atoms with van der Waals surface area (Å²) in [4.78, 5) is 32.7. The van der Waals surface area contributed by atoms with Crippen LogP contribution in [0.2, 0.25) is 0 Å². The second-order valence-electron chi connectivity index (χ2n) is 9.03. The zero-order valence-electron chi connectivity index (χ0n) is 20.3. The van der Waals surface area contributed by atoms with E-state index in [-0.39, 0.29) is 16.8 Å². The van der Waals surface area contributed by atoms with Crippen LogP contribution in [-0.2, 0) is 30.0 Å². The van der Waals surface area contributed by atoms with Crippen molar-refractivity contribution in [1.82, 2.24) is 9.55 Å². The summed E-state index contributed by atoms with van der Waals surface area (Å²) in [5.41, 5.74) is -2.55. The van der Waals surface area contributed by atoms with Crippen LogP contribution in [0.3, 0.4) is 0 Å². The third-order valence-electron chi connectivity index (χ3n) is 6.25. The van der Waals surface area contributed by atoms with Gasteiger partial charge in [-0.05, 0) is 73.7 Å². The molecule has 0 bridgehead atoms. The Morgan fingerprint density at radius 1 is 1.00 bits per heavy atom. The summed E-state index contributed by atoms with van der Waals surface area (Å²) in [7, 11) is 0. The van der Waals surface area contributed by atoms with Crippen molar-refractivity contribution >= 4 is 60.8 Å². The van der Waals surface area contributed by atoms with E-state index in [4.69, 9.17) is 0 Å². The van der Waals surface area contributed by atoms with Crippen molar-refractivity contribution in [2.75, 3.05) is 11.1 Å². The number of hydrogen-bond acceptors (Lipinski definition) is 5. The number of alkyl halides is 6. The summed E-state index contributed by atoms with van der Waals surface area (Å²) in [6.07, 6.45) is -6.52. The number of aryl methyl sites for hydroxylation is 2. The third kappa shape index (κ3) is 5.93. The van der Waals surface area contributed by atoms with Crippen molar-refractivity contribution in [3.8, 4) is 5.69 Å². The molecule has 0 atom stereocenters. The van der Waals surface area contributed by atoms with E-state index in [1.54, 1.807) is 24.3 Å². The lowest BCUT2D eigenvalue weighted by atomic mass is 9.97. The second kappa shape index (κ2) is 10.9. The molecule has 4 aromatic rings. The van der Waals surface area contributed by atoms with Crippen LogP contribution >= 0.6 is 39.0 Å². The van der Waals surface area contributed by atoms with Gasteiger partial charge in [0, 0.05) is 15.0 Å². The molecule has 1 aliphatic carbocycles. The molecule has 40 heavy (non-hydrogen) atoms. The Bertz CT molecular complexity index is 1630. The first-order valence-corrected chi connectivity index (χ1v) is 14.5. The number of benzene rings is 2. The van der Waals surface area contributed by atoms with E-state index in [0.29, 0.717) is 28.0 Å². The Balaban J connectivity index is 1.48. The minimum absolute atomic E-state index is 0.0128. The molecule has 2 heterocycles. The number of carbonyl (C=O) groups is 1. The van der Waals surface area contributed by atoms with Crippen LogP contribution in [0.25, 0.3) is 15.9 Å². The third-order valence-corrected chi connectivity index (χ3v) is 8.90. The smallest absolute Gasteiger partial charge is 0.325 e. The van der Waals surface area contributed by atoms with Crippen LogP contribution in [0, 0.1) is 0 Å². The lowest BCUT2D eigenvalue weighted by Crippen LogP contribution is -2.23. The fourth-order valence-electron chi connectivity index (χ4n) is 4.46. The van der Waals surface area contributed by atoms with Gasteiger partial charge in [-0.15, -0.1) is 11.3 Å². The van der Waals surface area contributed by atoms with Crippen LogP contribution in [0.5, 0.6) is 0 Å². The summed E-state index contributed by atoms with van der Waals surface area (Å²) in [5, 5.41) is 2.82. The van der Waals surface area contributed by atoms with Gasteiger partial charge in [0.2, 0.25) is 5.91 Å². The van der Waals surface area contributed by atoms with Gasteiger partial charge in [0.05, 0.1) is 28.0 Å². The number of halogens is 7. The van der Waals surface area contributed by atoms with Crippen LogP contribution < -0.4 is 10.9 Å². The van der Waals surface area contributed by atoms with Gasteiger partial charge >= 0.3 is 12.4 Å². The molecule has 2 aromatic carbocycles. The van der Waals surface area contributed by atoms with Gasteiger partial charge in [-0.1, -0.05) is 27.7 Å². The quantitative estimate of drug-likeness (QED) is 0.134. The number of thiophene rings is 1. The normalized spacial score (nSPS) is 13.9. The van der Waals surface area contributed by atoms with Crippen molar-refractivity contribution in [1.29, 1.82) is 0 Å². The number of carbonyl (C=O) groups excluding carboxylic acids is 1. The molecule has 5 rings (SSSR count). The lowest BCUT2D eigenvalue weighted by Gasteiger charge is -2.15. The minimum Gasteiger partial charge on any atom is -0.325 e. The minimum atomic E-state index is -5.05. The molecule has 0 saturated carbocycles. The number of nitrogens with one attached hydrogen (secondary N) is 1. The van der Waals surface area contributed by atoms with Gasteiger partial charge < -0.3 is 5.32 Å². The molecule has 210 valence electrons. The molecule has 0 unspecified atom stereocenters. The van der Waals surface area contributed by atoms with Crippen LogP contribution in [0.1, 0.15) is 34.4 Å². The van der Waals surface area contributed by atoms with Crippen molar-refractivity contribution in [2.24, 2.45) is 0 Å². The van der Waals surface area contributed by atoms with E-state index in [9.17, 15) is 35.9 Å². The fraction of sp³-hybridized carbons (Fsp3) is 0.269. The molecule has 5 nitrogen and oxygen atoms in total. The number of rotatable bonds is 5. The molecule has 1 amide bonds. The monoisotopic (exact) mass is 661 g/mol. The number of hydrogen-bond donors (Lipinski definition) is 1. The highest BCUT2D eigenvalue weighted by atomic mass is 79.9. The number of amides is 1. The van der Waals surface area contributed by atoms with E-state index >= 15 is 0 Å². The van der Waals surface area contributed by atoms with Crippen molar-refractivity contribution in [2.45, 2.75) is 43.2 Å². The number of nitrogens with zero attached hydrogens (tertiary/aromatic N) is 2. The Morgan fingerprint density at radius 3 is 2.25 bits per heavy atom. The average Bonchev–Trinajstić information content (AvgIpc) is 3.26. The van der Waals surface area contributed by atoms with Crippen molar-refractivity contribution < 1.29 is 31.1 Å². The van der Waals surface area contributed by atoms with Crippen molar-refractivity contribution in [3.63, 3.8) is 0 Å². The van der Waals surface area contributed by atoms with E-state index in [2.05, 4.69) is 26.2 Å². The predicted molar refractivity (Wildman–Crippen MR) is 145 cm³/mol. The standard InChI is InChI=1S/C26H18BrF6N3O2S2/c27-15-5-7-17(8-6-15)36-23(38)21-18-3-1-2-4-19(18)40-22(21)35-24(36)39-12-20(37)34-16-10-13(25(28,29)30)9-14(11-16)26(31,32)33/h5-11H,1-4,12H2,(H,34,37). The molecule has 0 radical (unpaired) electrons. The predicted octanol–water partition coefficient (Wildman–Crippen LogP) is 7.86. The highest BCUT2D eigenvalue weighted by Gasteiger charge is 2.37. The molecule has 0 spiro atoms. The molecule has 0 saturated heterocycles. The van der Waals surface area contributed by atoms with E-state index in [1.165, 1.54) is 15.9 Å². The maximum atomic E-state index is 13.8. The zero-order chi connectivity index (χ0) is 28.8. The first kappa shape index (κ1) is 28.7. The summed E-state index contributed by atoms with van der Waals surface area (Å²) in [6, 6.07) is 7.74. The number of anilines is 1. The summed E-state index contributed by atoms with van der Waals surface area (Å²) < 4.78 is 81.3. The summed E-state index contributed by atoms with van der Waals surface area (Å²) >= 11 is 5.63. The van der Waals surface area contributed by atoms with E-state index in [1.807, 2.05) is 0 Å². The molecule has 1 N–H and O–H groups in total. The molecule has 0 aliphatic heterocycles. The van der Waals surface area contributed by atoms with E-state index in [0.717, 1.165) is 52.4 Å². The molecular formula is C26H18BrF6N3O2S2. The van der Waals surface area contributed by atoms with Gasteiger partial charge in [0.1, 0.15) is 4.83 Å². The molecule has 1 aliphatic rings. The molecule has 2 aromatic heterocycles. The van der Waals surface area contributed by atoms with Crippen LogP contribution in [-0.4, -0.2) is 21.2 Å². The topological polar surface area (TPSA) is 64.0 Å². The van der Waals surface area contributed by atoms with Gasteiger partial charge in [-0.3, -0.25) is 14.2 Å². The lowest BCUT2D eigenvalue weighted by molar-refractivity contribution is -0.143. The Morgan fingerprint density at radius 2 is 1.62 bits per heavy atom. The Kier molecular flexibility index (Phi) is 7.79. The largest absolute Gasteiger partial charge is 0.416 e. The van der Waals surface area contributed by atoms with Crippen LogP contribution in [0.4, 0.5) is 32.0 Å². The maximum absolute atomic E-state index is 13.8. The summed E-state index contributed by atoms with van der Waals surface area (Å²) in [5.74, 6) is -1.28. The van der Waals surface area contributed by atoms with Crippen molar-refractivity contribution in [3.05, 3.63) is 78.9 Å². The van der Waals surface area contributed by atoms with Gasteiger partial charge in [-0.2, -0.15) is 26.3 Å². The van der Waals surface area contributed by atoms with Gasteiger partial charge in [0.25, 0.3) is 5.56 Å². The average molecular weight is 662 g/mol. The Labute approximate surface area is 239 Å². The van der Waals surface area contributed by atoms with Gasteiger partial charge in [-0.25, -0.2) is 4.98 Å². The van der Waals surface area contributed by atoms with Gasteiger partial charge in [0.15, 0.2) is 5.16 Å². The molecule has 0 fully saturated rings. The summed E-state index contributed by atoms with van der Waals surface area (Å²) in [6.45, 7) is 0.